The molecule has 56 heavy (non-hydrogen) atoms. The molecule has 0 radical (unpaired) electrons. The van der Waals surface area contributed by atoms with Crippen LogP contribution in [-0.4, -0.2) is 9.13 Å². The highest BCUT2D eigenvalue weighted by Gasteiger charge is 2.51. The Kier molecular flexibility index (Phi) is 6.06. The van der Waals surface area contributed by atoms with Crippen LogP contribution in [0.15, 0.2) is 204 Å². The van der Waals surface area contributed by atoms with Crippen LogP contribution in [0.4, 0.5) is 0 Å². The Morgan fingerprint density at radius 3 is 1.27 bits per heavy atom. The summed E-state index contributed by atoms with van der Waals surface area (Å²) in [6.07, 6.45) is 0. The summed E-state index contributed by atoms with van der Waals surface area (Å²) >= 11 is 1.91. The summed E-state index contributed by atoms with van der Waals surface area (Å²) in [5.74, 6) is 0. The Morgan fingerprint density at radius 2 is 0.750 bits per heavy atom. The van der Waals surface area contributed by atoms with Gasteiger partial charge in [-0.2, -0.15) is 0 Å². The molecule has 1 aliphatic carbocycles. The number of hydrogen-bond acceptors (Lipinski definition) is 1. The minimum Gasteiger partial charge on any atom is -0.309 e. The summed E-state index contributed by atoms with van der Waals surface area (Å²) in [7, 11) is 0. The molecule has 0 saturated carbocycles. The quantitative estimate of drug-likeness (QED) is 0.172. The van der Waals surface area contributed by atoms with Gasteiger partial charge in [-0.1, -0.05) is 139 Å². The van der Waals surface area contributed by atoms with Crippen LogP contribution < -0.4 is 0 Å². The van der Waals surface area contributed by atoms with Gasteiger partial charge in [-0.15, -0.1) is 0 Å². The van der Waals surface area contributed by atoms with E-state index in [-0.39, 0.29) is 0 Å². The minimum atomic E-state index is -0.560. The van der Waals surface area contributed by atoms with Crippen LogP contribution in [0.3, 0.4) is 0 Å². The topological polar surface area (TPSA) is 9.86 Å². The third-order valence-electron chi connectivity index (χ3n) is 12.5. The molecule has 1 aliphatic heterocycles. The summed E-state index contributed by atoms with van der Waals surface area (Å²) in [6.45, 7) is 0. The summed E-state index contributed by atoms with van der Waals surface area (Å²) in [6, 6.07) is 72.7. The number of aromatic nitrogens is 2. The van der Waals surface area contributed by atoms with Crippen molar-refractivity contribution in [3.63, 3.8) is 0 Å². The number of fused-ring (bicyclic) bond motifs is 16. The number of nitrogens with zero attached hydrogens (tertiary/aromatic N) is 2. The molecule has 2 aromatic heterocycles. The lowest BCUT2D eigenvalue weighted by Crippen LogP contribution is -2.32. The van der Waals surface area contributed by atoms with Crippen molar-refractivity contribution in [2.75, 3.05) is 0 Å². The van der Waals surface area contributed by atoms with Crippen LogP contribution >= 0.6 is 11.8 Å². The van der Waals surface area contributed by atoms with Gasteiger partial charge in [0, 0.05) is 42.7 Å². The average molecular weight is 729 g/mol. The highest BCUT2D eigenvalue weighted by atomic mass is 32.2. The average Bonchev–Trinajstić information content (AvgIpc) is 3.87. The molecule has 11 aromatic rings. The number of benzene rings is 9. The van der Waals surface area contributed by atoms with Gasteiger partial charge in [0.2, 0.25) is 0 Å². The fraction of sp³-hybridized carbons (Fsp3) is 0.0189. The van der Waals surface area contributed by atoms with E-state index in [4.69, 9.17) is 0 Å². The van der Waals surface area contributed by atoms with Gasteiger partial charge in [0.15, 0.2) is 0 Å². The standard InChI is InChI=1S/C53H32N2S/c1-2-14-34-30-52-46(29-33(34)13-1)53(43-19-7-12-24-51(43)56-52)44-31-35(54-47-20-8-3-15-39(47)40-16-4-9-21-48(40)54)25-27-37(44)38-28-26-36(32-45(38)53)55-49-22-10-5-17-41(49)42-18-6-11-23-50(42)55/h1-32H. The zero-order valence-electron chi connectivity index (χ0n) is 30.3. The van der Waals surface area contributed by atoms with Crippen molar-refractivity contribution < 1.29 is 0 Å². The number of rotatable bonds is 2. The molecular formula is C53H32N2S. The molecule has 0 amide bonds. The van der Waals surface area contributed by atoms with E-state index in [9.17, 15) is 0 Å². The molecule has 9 aromatic carbocycles. The van der Waals surface area contributed by atoms with Crippen LogP contribution in [0.2, 0.25) is 0 Å². The molecule has 3 heteroatoms. The second-order valence-electron chi connectivity index (χ2n) is 15.2. The Bertz CT molecular complexity index is 3200. The summed E-state index contributed by atoms with van der Waals surface area (Å²) in [4.78, 5) is 2.62. The van der Waals surface area contributed by atoms with Crippen LogP contribution in [0.25, 0.3) is 76.9 Å². The molecule has 1 spiro atoms. The van der Waals surface area contributed by atoms with Crippen molar-refractivity contribution in [1.29, 1.82) is 0 Å². The van der Waals surface area contributed by atoms with Gasteiger partial charge in [-0.05, 0) is 111 Å². The van der Waals surface area contributed by atoms with Gasteiger partial charge < -0.3 is 9.13 Å². The highest BCUT2D eigenvalue weighted by molar-refractivity contribution is 7.99. The molecule has 0 bridgehead atoms. The Morgan fingerprint density at radius 1 is 0.321 bits per heavy atom. The molecule has 13 rings (SSSR count). The summed E-state index contributed by atoms with van der Waals surface area (Å²) in [5, 5.41) is 7.62. The normalized spacial score (nSPS) is 13.8. The largest absolute Gasteiger partial charge is 0.309 e. The van der Waals surface area contributed by atoms with Crippen LogP contribution in [0, 0.1) is 0 Å². The molecule has 2 aliphatic rings. The van der Waals surface area contributed by atoms with Crippen molar-refractivity contribution in [1.82, 2.24) is 9.13 Å². The molecule has 3 heterocycles. The molecule has 260 valence electrons. The van der Waals surface area contributed by atoms with Gasteiger partial charge in [-0.3, -0.25) is 0 Å². The predicted octanol–water partition coefficient (Wildman–Crippen LogP) is 13.9. The molecular weight excluding hydrogens is 697 g/mol. The monoisotopic (exact) mass is 728 g/mol. The Hall–Kier alpha value is -6.81. The smallest absolute Gasteiger partial charge is 0.0737 e. The van der Waals surface area contributed by atoms with Gasteiger partial charge in [-0.25, -0.2) is 0 Å². The zero-order chi connectivity index (χ0) is 36.5. The number of hydrogen-bond donors (Lipinski definition) is 0. The zero-order valence-corrected chi connectivity index (χ0v) is 31.1. The lowest BCUT2D eigenvalue weighted by molar-refractivity contribution is 0.723. The first-order chi connectivity index (χ1) is 27.8. The van der Waals surface area contributed by atoms with E-state index in [1.807, 2.05) is 11.8 Å². The molecule has 0 N–H and O–H groups in total. The maximum atomic E-state index is 2.51. The first-order valence-corrected chi connectivity index (χ1v) is 20.2. The van der Waals surface area contributed by atoms with Crippen molar-refractivity contribution >= 4 is 66.1 Å². The van der Waals surface area contributed by atoms with Crippen LogP contribution in [-0.2, 0) is 5.41 Å². The van der Waals surface area contributed by atoms with Crippen molar-refractivity contribution in [2.24, 2.45) is 0 Å². The maximum absolute atomic E-state index is 2.51. The molecule has 0 unspecified atom stereocenters. The lowest BCUT2D eigenvalue weighted by atomic mass is 9.67. The Balaban J connectivity index is 1.17. The fourth-order valence-corrected chi connectivity index (χ4v) is 11.5. The summed E-state index contributed by atoms with van der Waals surface area (Å²) in [5.41, 5.74) is 14.6. The predicted molar refractivity (Wildman–Crippen MR) is 234 cm³/mol. The van der Waals surface area contributed by atoms with Gasteiger partial charge in [0.1, 0.15) is 0 Å². The second-order valence-corrected chi connectivity index (χ2v) is 16.3. The van der Waals surface area contributed by atoms with Crippen molar-refractivity contribution in [2.45, 2.75) is 15.2 Å². The van der Waals surface area contributed by atoms with Gasteiger partial charge >= 0.3 is 0 Å². The van der Waals surface area contributed by atoms with Crippen LogP contribution in [0.5, 0.6) is 0 Å². The molecule has 0 saturated heterocycles. The van der Waals surface area contributed by atoms with E-state index in [2.05, 4.69) is 203 Å². The SMILES string of the molecule is c1ccc2c(c1)Sc1cc3ccccc3cc1C21c2cc(-n3c4ccccc4c4ccccc43)ccc2-c2ccc(-n3c4ccccc4c4ccccc43)cc21. The van der Waals surface area contributed by atoms with Gasteiger partial charge in [0.25, 0.3) is 0 Å². The van der Waals surface area contributed by atoms with Gasteiger partial charge in [0.05, 0.1) is 27.5 Å². The minimum absolute atomic E-state index is 0.560. The van der Waals surface area contributed by atoms with E-state index < -0.39 is 5.41 Å². The van der Waals surface area contributed by atoms with Crippen LogP contribution in [0.1, 0.15) is 22.3 Å². The third kappa shape index (κ3) is 3.87. The fourth-order valence-electron chi connectivity index (χ4n) is 10.3. The number of para-hydroxylation sites is 4. The molecule has 0 fully saturated rings. The van der Waals surface area contributed by atoms with E-state index in [0.29, 0.717) is 0 Å². The maximum Gasteiger partial charge on any atom is 0.0737 e. The summed E-state index contributed by atoms with van der Waals surface area (Å²) < 4.78 is 4.94. The lowest BCUT2D eigenvalue weighted by Gasteiger charge is -2.40. The molecule has 0 atom stereocenters. The third-order valence-corrected chi connectivity index (χ3v) is 13.7. The van der Waals surface area contributed by atoms with Crippen molar-refractivity contribution in [3.05, 3.63) is 216 Å². The first kappa shape index (κ1) is 30.5. The van der Waals surface area contributed by atoms with E-state index in [1.165, 1.54) is 109 Å². The van der Waals surface area contributed by atoms with E-state index in [0.717, 1.165) is 0 Å². The highest BCUT2D eigenvalue weighted by Crippen LogP contribution is 2.63. The van der Waals surface area contributed by atoms with Crippen molar-refractivity contribution in [3.8, 4) is 22.5 Å². The van der Waals surface area contributed by atoms with E-state index in [1.54, 1.807) is 0 Å². The Labute approximate surface area is 327 Å². The first-order valence-electron chi connectivity index (χ1n) is 19.3. The molecule has 2 nitrogen and oxygen atoms in total. The van der Waals surface area contributed by atoms with E-state index >= 15 is 0 Å². The second kappa shape index (κ2) is 11.1.